The first-order chi connectivity index (χ1) is 8.31. The molecule has 1 atom stereocenters. The molecule has 0 aliphatic heterocycles. The summed E-state index contributed by atoms with van der Waals surface area (Å²) in [5.41, 5.74) is 1.26. The van der Waals surface area contributed by atoms with Gasteiger partial charge in [0.25, 0.3) is 0 Å². The van der Waals surface area contributed by atoms with Crippen molar-refractivity contribution in [3.05, 3.63) is 58.3 Å². The zero-order valence-corrected chi connectivity index (χ0v) is 10.7. The normalized spacial score (nSPS) is 12.3. The summed E-state index contributed by atoms with van der Waals surface area (Å²) >= 11 is 1.53. The smallest absolute Gasteiger partial charge is 0.173 e. The van der Waals surface area contributed by atoms with E-state index in [2.05, 4.69) is 19.1 Å². The minimum absolute atomic E-state index is 0.260. The maximum atomic E-state index is 12.1. The predicted molar refractivity (Wildman–Crippen MR) is 72.7 cm³/mol. The van der Waals surface area contributed by atoms with Crippen molar-refractivity contribution < 1.29 is 4.79 Å². The fourth-order valence-electron chi connectivity index (χ4n) is 1.98. The third kappa shape index (κ3) is 3.04. The number of carbonyl (C=O) groups excluding carboxylic acids is 1. The molecule has 1 aromatic carbocycles. The molecule has 0 bridgehead atoms. The fraction of sp³-hybridized carbons (Fsp3) is 0.267. The van der Waals surface area contributed by atoms with E-state index in [-0.39, 0.29) is 5.78 Å². The third-order valence-electron chi connectivity index (χ3n) is 2.99. The number of rotatable bonds is 5. The Morgan fingerprint density at radius 1 is 1.18 bits per heavy atom. The molecular formula is C15H16OS. The van der Waals surface area contributed by atoms with Crippen molar-refractivity contribution in [2.75, 3.05) is 0 Å². The van der Waals surface area contributed by atoms with Crippen LogP contribution in [0.25, 0.3) is 0 Å². The first kappa shape index (κ1) is 12.1. The SMILES string of the molecule is CCC(CC(=O)c1cccs1)c1ccccc1. The van der Waals surface area contributed by atoms with Crippen molar-refractivity contribution >= 4 is 17.1 Å². The van der Waals surface area contributed by atoms with Gasteiger partial charge in [0.05, 0.1) is 4.88 Å². The summed E-state index contributed by atoms with van der Waals surface area (Å²) in [4.78, 5) is 12.9. The van der Waals surface area contributed by atoms with Gasteiger partial charge in [-0.1, -0.05) is 43.3 Å². The maximum Gasteiger partial charge on any atom is 0.173 e. The Labute approximate surface area is 106 Å². The Bertz CT molecular complexity index is 459. The molecule has 1 heterocycles. The Balaban J connectivity index is 2.09. The van der Waals surface area contributed by atoms with E-state index < -0.39 is 0 Å². The van der Waals surface area contributed by atoms with Crippen LogP contribution in [0.3, 0.4) is 0 Å². The van der Waals surface area contributed by atoms with Gasteiger partial charge in [-0.3, -0.25) is 4.79 Å². The van der Waals surface area contributed by atoms with E-state index in [1.807, 2.05) is 35.7 Å². The van der Waals surface area contributed by atoms with Gasteiger partial charge in [0, 0.05) is 6.42 Å². The number of hydrogen-bond acceptors (Lipinski definition) is 2. The van der Waals surface area contributed by atoms with Gasteiger partial charge < -0.3 is 0 Å². The number of carbonyl (C=O) groups is 1. The van der Waals surface area contributed by atoms with Crippen molar-refractivity contribution in [3.63, 3.8) is 0 Å². The molecule has 1 unspecified atom stereocenters. The van der Waals surface area contributed by atoms with Crippen molar-refractivity contribution in [2.24, 2.45) is 0 Å². The van der Waals surface area contributed by atoms with Crippen LogP contribution in [0.5, 0.6) is 0 Å². The van der Waals surface area contributed by atoms with E-state index in [1.54, 1.807) is 0 Å². The molecule has 1 nitrogen and oxygen atoms in total. The Morgan fingerprint density at radius 3 is 2.53 bits per heavy atom. The zero-order valence-electron chi connectivity index (χ0n) is 9.93. The second-order valence-electron chi connectivity index (χ2n) is 4.12. The Morgan fingerprint density at radius 2 is 1.94 bits per heavy atom. The molecule has 0 saturated carbocycles. The molecule has 0 aliphatic rings. The molecular weight excluding hydrogens is 228 g/mol. The van der Waals surface area contributed by atoms with E-state index in [1.165, 1.54) is 16.9 Å². The highest BCUT2D eigenvalue weighted by Gasteiger charge is 2.15. The predicted octanol–water partition coefficient (Wildman–Crippen LogP) is 4.51. The van der Waals surface area contributed by atoms with Crippen molar-refractivity contribution in [1.82, 2.24) is 0 Å². The maximum absolute atomic E-state index is 12.1. The third-order valence-corrected chi connectivity index (χ3v) is 3.90. The second kappa shape index (κ2) is 5.78. The van der Waals surface area contributed by atoms with Crippen LogP contribution in [0.15, 0.2) is 47.8 Å². The van der Waals surface area contributed by atoms with Crippen molar-refractivity contribution in [1.29, 1.82) is 0 Å². The molecule has 17 heavy (non-hydrogen) atoms. The standard InChI is InChI=1S/C15H16OS/c1-2-12(13-7-4-3-5-8-13)11-14(16)15-9-6-10-17-15/h3-10,12H,2,11H2,1H3. The molecule has 0 spiro atoms. The van der Waals surface area contributed by atoms with Crippen LogP contribution >= 0.6 is 11.3 Å². The first-order valence-electron chi connectivity index (χ1n) is 5.93. The molecule has 88 valence electrons. The van der Waals surface area contributed by atoms with Gasteiger partial charge >= 0.3 is 0 Å². The molecule has 0 N–H and O–H groups in total. The summed E-state index contributed by atoms with van der Waals surface area (Å²) in [6.07, 6.45) is 1.61. The molecule has 0 fully saturated rings. The number of thiophene rings is 1. The Kier molecular flexibility index (Phi) is 4.10. The van der Waals surface area contributed by atoms with Gasteiger partial charge in [-0.25, -0.2) is 0 Å². The molecule has 2 aromatic rings. The summed E-state index contributed by atoms with van der Waals surface area (Å²) < 4.78 is 0. The molecule has 2 heteroatoms. The van der Waals surface area contributed by atoms with Crippen molar-refractivity contribution in [2.45, 2.75) is 25.7 Å². The molecule has 0 saturated heterocycles. The fourth-order valence-corrected chi connectivity index (χ4v) is 2.66. The second-order valence-corrected chi connectivity index (χ2v) is 5.07. The van der Waals surface area contributed by atoms with Gasteiger partial charge in [-0.15, -0.1) is 11.3 Å². The van der Waals surface area contributed by atoms with Gasteiger partial charge in [0.15, 0.2) is 5.78 Å². The molecule has 0 aliphatic carbocycles. The quantitative estimate of drug-likeness (QED) is 0.707. The largest absolute Gasteiger partial charge is 0.293 e. The van der Waals surface area contributed by atoms with E-state index in [0.29, 0.717) is 12.3 Å². The van der Waals surface area contributed by atoms with Crippen LogP contribution in [0.4, 0.5) is 0 Å². The first-order valence-corrected chi connectivity index (χ1v) is 6.81. The molecule has 2 rings (SSSR count). The van der Waals surface area contributed by atoms with Crippen LogP contribution in [-0.4, -0.2) is 5.78 Å². The summed E-state index contributed by atoms with van der Waals surface area (Å²) in [5, 5.41) is 1.96. The minimum Gasteiger partial charge on any atom is -0.293 e. The van der Waals surface area contributed by atoms with Crippen LogP contribution in [-0.2, 0) is 0 Å². The summed E-state index contributed by atoms with van der Waals surface area (Å²) in [5.74, 6) is 0.599. The van der Waals surface area contributed by atoms with Crippen LogP contribution in [0.2, 0.25) is 0 Å². The number of Topliss-reactive ketones (excluding diaryl/α,β-unsaturated/α-hetero) is 1. The lowest BCUT2D eigenvalue weighted by molar-refractivity contribution is 0.0977. The summed E-state index contributed by atoms with van der Waals surface area (Å²) in [6.45, 7) is 2.14. The minimum atomic E-state index is 0.260. The van der Waals surface area contributed by atoms with Crippen LogP contribution in [0, 0.1) is 0 Å². The van der Waals surface area contributed by atoms with E-state index in [9.17, 15) is 4.79 Å². The van der Waals surface area contributed by atoms with Crippen molar-refractivity contribution in [3.8, 4) is 0 Å². The lowest BCUT2D eigenvalue weighted by Gasteiger charge is -2.13. The van der Waals surface area contributed by atoms with Crippen LogP contribution < -0.4 is 0 Å². The van der Waals surface area contributed by atoms with Gasteiger partial charge in [0.2, 0.25) is 0 Å². The van der Waals surface area contributed by atoms with E-state index >= 15 is 0 Å². The van der Waals surface area contributed by atoms with Gasteiger partial charge in [-0.05, 0) is 29.3 Å². The lowest BCUT2D eigenvalue weighted by atomic mass is 9.91. The summed E-state index contributed by atoms with van der Waals surface area (Å²) in [6, 6.07) is 14.1. The van der Waals surface area contributed by atoms with Crippen LogP contribution in [0.1, 0.15) is 40.9 Å². The molecule has 0 radical (unpaired) electrons. The van der Waals surface area contributed by atoms with Gasteiger partial charge in [0.1, 0.15) is 0 Å². The van der Waals surface area contributed by atoms with E-state index in [0.717, 1.165) is 11.3 Å². The summed E-state index contributed by atoms with van der Waals surface area (Å²) in [7, 11) is 0. The topological polar surface area (TPSA) is 17.1 Å². The van der Waals surface area contributed by atoms with E-state index in [4.69, 9.17) is 0 Å². The monoisotopic (exact) mass is 244 g/mol. The highest BCUT2D eigenvalue weighted by molar-refractivity contribution is 7.12. The zero-order chi connectivity index (χ0) is 12.1. The average Bonchev–Trinajstić information content (AvgIpc) is 2.90. The molecule has 0 amide bonds. The lowest BCUT2D eigenvalue weighted by Crippen LogP contribution is -2.05. The number of benzene rings is 1. The van der Waals surface area contributed by atoms with Gasteiger partial charge in [-0.2, -0.15) is 0 Å². The number of hydrogen-bond donors (Lipinski definition) is 0. The number of ketones is 1. The Hall–Kier alpha value is -1.41. The highest BCUT2D eigenvalue weighted by atomic mass is 32.1. The average molecular weight is 244 g/mol. The molecule has 1 aromatic heterocycles. The highest BCUT2D eigenvalue weighted by Crippen LogP contribution is 2.25.